The molecular formula is C20H13ClFNO3S2. The quantitative estimate of drug-likeness (QED) is 0.619. The van der Waals surface area contributed by atoms with Gasteiger partial charge >= 0.3 is 0 Å². The molecule has 4 nitrogen and oxygen atoms in total. The van der Waals surface area contributed by atoms with Gasteiger partial charge in [-0.3, -0.25) is 9.52 Å². The minimum atomic E-state index is -4.03. The molecule has 0 unspecified atom stereocenters. The summed E-state index contributed by atoms with van der Waals surface area (Å²) in [4.78, 5) is 14.2. The molecule has 0 radical (unpaired) electrons. The first-order valence-corrected chi connectivity index (χ1v) is 10.9. The zero-order valence-electron chi connectivity index (χ0n) is 14.3. The summed E-state index contributed by atoms with van der Waals surface area (Å²) in [6.07, 6.45) is 0.0953. The Morgan fingerprint density at radius 1 is 1.00 bits per heavy atom. The van der Waals surface area contributed by atoms with Crippen LogP contribution in [0.4, 0.5) is 10.1 Å². The first-order valence-electron chi connectivity index (χ1n) is 8.24. The molecule has 0 saturated heterocycles. The lowest BCUT2D eigenvalue weighted by Crippen LogP contribution is -2.14. The highest BCUT2D eigenvalue weighted by Crippen LogP contribution is 2.38. The average molecular weight is 434 g/mol. The van der Waals surface area contributed by atoms with Crippen LogP contribution >= 0.6 is 23.4 Å². The lowest BCUT2D eigenvalue weighted by Gasteiger charge is -2.12. The van der Waals surface area contributed by atoms with Crippen LogP contribution in [-0.4, -0.2) is 14.2 Å². The van der Waals surface area contributed by atoms with Crippen LogP contribution in [0.25, 0.3) is 0 Å². The van der Waals surface area contributed by atoms with Crippen molar-refractivity contribution in [2.24, 2.45) is 0 Å². The minimum Gasteiger partial charge on any atom is -0.294 e. The Hall–Kier alpha value is -2.35. The van der Waals surface area contributed by atoms with Gasteiger partial charge in [-0.15, -0.1) is 0 Å². The summed E-state index contributed by atoms with van der Waals surface area (Å²) in [5.41, 5.74) is 1.04. The maximum atomic E-state index is 14.0. The summed E-state index contributed by atoms with van der Waals surface area (Å²) in [5, 5.41) is 0.167. The predicted molar refractivity (Wildman–Crippen MR) is 107 cm³/mol. The van der Waals surface area contributed by atoms with Crippen LogP contribution in [-0.2, 0) is 16.4 Å². The first kappa shape index (κ1) is 19.0. The van der Waals surface area contributed by atoms with Crippen LogP contribution in [0, 0.1) is 5.82 Å². The highest BCUT2D eigenvalue weighted by atomic mass is 35.5. The second-order valence-electron chi connectivity index (χ2n) is 6.20. The number of rotatable bonds is 3. The van der Waals surface area contributed by atoms with Crippen molar-refractivity contribution in [3.8, 4) is 0 Å². The van der Waals surface area contributed by atoms with Gasteiger partial charge in [0.05, 0.1) is 10.6 Å². The normalized spacial score (nSPS) is 13.4. The molecule has 3 aromatic rings. The van der Waals surface area contributed by atoms with Gasteiger partial charge in [-0.25, -0.2) is 12.8 Å². The molecule has 0 aliphatic carbocycles. The molecule has 0 atom stereocenters. The second kappa shape index (κ2) is 7.24. The molecule has 8 heteroatoms. The van der Waals surface area contributed by atoms with Crippen molar-refractivity contribution in [2.75, 3.05) is 4.72 Å². The molecule has 1 aliphatic rings. The fourth-order valence-electron chi connectivity index (χ4n) is 2.91. The Balaban J connectivity index is 1.69. The summed E-state index contributed by atoms with van der Waals surface area (Å²) in [7, 11) is -4.03. The van der Waals surface area contributed by atoms with E-state index in [0.717, 1.165) is 15.9 Å². The molecule has 4 rings (SSSR count). The van der Waals surface area contributed by atoms with E-state index in [1.807, 2.05) is 12.1 Å². The summed E-state index contributed by atoms with van der Waals surface area (Å²) in [5.74, 6) is -0.847. The number of fused-ring (bicyclic) bond motifs is 2. The highest BCUT2D eigenvalue weighted by Gasteiger charge is 2.23. The number of benzene rings is 3. The first-order chi connectivity index (χ1) is 13.3. The van der Waals surface area contributed by atoms with Crippen molar-refractivity contribution in [2.45, 2.75) is 21.1 Å². The zero-order chi connectivity index (χ0) is 19.9. The molecule has 1 aliphatic heterocycles. The smallest absolute Gasteiger partial charge is 0.261 e. The van der Waals surface area contributed by atoms with Crippen LogP contribution in [0.3, 0.4) is 0 Å². The summed E-state index contributed by atoms with van der Waals surface area (Å²) in [6, 6.07) is 15.5. The van der Waals surface area contributed by atoms with Gasteiger partial charge in [0.2, 0.25) is 0 Å². The number of Topliss-reactive ketones (excluding diaryl/α,β-unsaturated/α-hetero) is 1. The molecule has 0 fully saturated rings. The van der Waals surface area contributed by atoms with E-state index < -0.39 is 15.8 Å². The topological polar surface area (TPSA) is 63.2 Å². The summed E-state index contributed by atoms with van der Waals surface area (Å²) < 4.78 is 41.6. The van der Waals surface area contributed by atoms with Gasteiger partial charge in [0, 0.05) is 26.8 Å². The predicted octanol–water partition coefficient (Wildman–Crippen LogP) is 5.17. The second-order valence-corrected chi connectivity index (χ2v) is 9.40. The SMILES string of the molecule is O=C1Cc2cc(S(=O)(=O)Nc3ccc(Cl)cc3F)ccc2Sc2ccccc21. The van der Waals surface area contributed by atoms with Crippen molar-refractivity contribution in [1.29, 1.82) is 0 Å². The fourth-order valence-corrected chi connectivity index (χ4v) is 5.26. The van der Waals surface area contributed by atoms with E-state index in [-0.39, 0.29) is 27.8 Å². The Kier molecular flexibility index (Phi) is 4.91. The van der Waals surface area contributed by atoms with E-state index in [4.69, 9.17) is 11.6 Å². The molecule has 0 bridgehead atoms. The van der Waals surface area contributed by atoms with E-state index in [1.165, 1.54) is 36.0 Å². The number of nitrogens with one attached hydrogen (secondary N) is 1. The standard InChI is InChI=1S/C20H13ClFNO3S2/c21-13-5-7-17(16(22)11-13)23-28(25,26)14-6-8-19-12(9-14)10-18(24)15-3-1-2-4-20(15)27-19/h1-9,11,23H,10H2. The zero-order valence-corrected chi connectivity index (χ0v) is 16.7. The molecule has 142 valence electrons. The van der Waals surface area contributed by atoms with Gasteiger partial charge in [-0.05, 0) is 48.0 Å². The molecule has 0 spiro atoms. The molecule has 28 heavy (non-hydrogen) atoms. The van der Waals surface area contributed by atoms with Crippen molar-refractivity contribution >= 4 is 44.9 Å². The van der Waals surface area contributed by atoms with Gasteiger partial charge in [0.1, 0.15) is 5.82 Å². The van der Waals surface area contributed by atoms with E-state index >= 15 is 0 Å². The molecule has 0 aromatic heterocycles. The Labute approximate surface area is 170 Å². The molecule has 0 saturated carbocycles. The number of hydrogen-bond donors (Lipinski definition) is 1. The largest absolute Gasteiger partial charge is 0.294 e. The number of carbonyl (C=O) groups is 1. The van der Waals surface area contributed by atoms with Crippen LogP contribution in [0.2, 0.25) is 5.02 Å². The lowest BCUT2D eigenvalue weighted by atomic mass is 10.0. The molecule has 0 amide bonds. The lowest BCUT2D eigenvalue weighted by molar-refractivity contribution is 0.0990. The number of halogens is 2. The Morgan fingerprint density at radius 2 is 1.79 bits per heavy atom. The number of ketones is 1. The third-order valence-corrected chi connectivity index (χ3v) is 7.07. The van der Waals surface area contributed by atoms with Crippen LogP contribution in [0.5, 0.6) is 0 Å². The number of hydrogen-bond acceptors (Lipinski definition) is 4. The Bertz CT molecular complexity index is 1210. The molecule has 1 N–H and O–H groups in total. The third-order valence-electron chi connectivity index (χ3n) is 4.28. The van der Waals surface area contributed by atoms with Gasteiger partial charge < -0.3 is 0 Å². The molecule has 3 aromatic carbocycles. The highest BCUT2D eigenvalue weighted by molar-refractivity contribution is 7.99. The number of anilines is 1. The van der Waals surface area contributed by atoms with Crippen LogP contribution in [0.1, 0.15) is 15.9 Å². The van der Waals surface area contributed by atoms with Gasteiger partial charge in [0.15, 0.2) is 5.78 Å². The minimum absolute atomic E-state index is 0.0417. The molecule has 1 heterocycles. The van der Waals surface area contributed by atoms with Crippen molar-refractivity contribution < 1.29 is 17.6 Å². The van der Waals surface area contributed by atoms with E-state index in [1.54, 1.807) is 18.2 Å². The molecular weight excluding hydrogens is 421 g/mol. The van der Waals surface area contributed by atoms with Crippen molar-refractivity contribution in [3.63, 3.8) is 0 Å². The number of carbonyl (C=O) groups excluding carboxylic acids is 1. The van der Waals surface area contributed by atoms with Crippen molar-refractivity contribution in [1.82, 2.24) is 0 Å². The van der Waals surface area contributed by atoms with Crippen LogP contribution in [0.15, 0.2) is 75.4 Å². The van der Waals surface area contributed by atoms with Gasteiger partial charge in [0.25, 0.3) is 10.0 Å². The maximum absolute atomic E-state index is 14.0. The van der Waals surface area contributed by atoms with E-state index in [2.05, 4.69) is 4.72 Å². The van der Waals surface area contributed by atoms with Crippen molar-refractivity contribution in [3.05, 3.63) is 82.6 Å². The summed E-state index contributed by atoms with van der Waals surface area (Å²) in [6.45, 7) is 0. The Morgan fingerprint density at radius 3 is 2.57 bits per heavy atom. The fraction of sp³-hybridized carbons (Fsp3) is 0.0500. The van der Waals surface area contributed by atoms with Gasteiger partial charge in [-0.2, -0.15) is 0 Å². The van der Waals surface area contributed by atoms with Gasteiger partial charge in [-0.1, -0.05) is 41.6 Å². The summed E-state index contributed by atoms with van der Waals surface area (Å²) >= 11 is 7.12. The maximum Gasteiger partial charge on any atom is 0.261 e. The van der Waals surface area contributed by atoms with E-state index in [9.17, 15) is 17.6 Å². The monoisotopic (exact) mass is 433 g/mol. The third kappa shape index (κ3) is 3.65. The van der Waals surface area contributed by atoms with E-state index in [0.29, 0.717) is 11.1 Å². The number of sulfonamides is 1. The average Bonchev–Trinajstić information content (AvgIpc) is 2.79. The van der Waals surface area contributed by atoms with Crippen LogP contribution < -0.4 is 4.72 Å².